The van der Waals surface area contributed by atoms with Crippen LogP contribution in [0.4, 0.5) is 8.78 Å². The maximum absolute atomic E-state index is 13.4. The summed E-state index contributed by atoms with van der Waals surface area (Å²) in [5, 5.41) is 5.23. The number of carbonyl (C=O) groups excluding carboxylic acids is 3. The highest BCUT2D eigenvalue weighted by Gasteiger charge is 2.38. The number of ketones is 1. The van der Waals surface area contributed by atoms with E-state index in [-0.39, 0.29) is 11.5 Å². The van der Waals surface area contributed by atoms with Crippen LogP contribution in [0.15, 0.2) is 60.7 Å². The molecule has 8 heteroatoms. The molecular formula is C23H23F2N3O3. The average Bonchev–Trinajstić information content (AvgIpc) is 2.89. The molecule has 6 nitrogen and oxygen atoms in total. The van der Waals surface area contributed by atoms with Crippen LogP contribution in [-0.2, 0) is 20.8 Å². The van der Waals surface area contributed by atoms with Crippen LogP contribution >= 0.6 is 0 Å². The summed E-state index contributed by atoms with van der Waals surface area (Å²) >= 11 is 0. The van der Waals surface area contributed by atoms with Crippen LogP contribution < -0.4 is 16.4 Å². The van der Waals surface area contributed by atoms with E-state index in [1.54, 1.807) is 6.08 Å². The zero-order chi connectivity index (χ0) is 22.6. The van der Waals surface area contributed by atoms with Crippen molar-refractivity contribution >= 4 is 17.6 Å². The summed E-state index contributed by atoms with van der Waals surface area (Å²) in [7, 11) is 0. The molecule has 2 aromatic carbocycles. The molecule has 2 aromatic rings. The Kier molecular flexibility index (Phi) is 6.60. The molecule has 1 aliphatic rings. The molecule has 3 rings (SSSR count). The van der Waals surface area contributed by atoms with Gasteiger partial charge in [0.05, 0.1) is 0 Å². The molecular weight excluding hydrogens is 404 g/mol. The summed E-state index contributed by atoms with van der Waals surface area (Å²) in [5.41, 5.74) is 5.01. The molecule has 0 saturated heterocycles. The highest BCUT2D eigenvalue weighted by molar-refractivity contribution is 6.11. The van der Waals surface area contributed by atoms with E-state index in [1.165, 1.54) is 6.92 Å². The summed E-state index contributed by atoms with van der Waals surface area (Å²) in [6.07, 6.45) is 2.93. The first-order valence-corrected chi connectivity index (χ1v) is 9.76. The molecule has 0 spiro atoms. The van der Waals surface area contributed by atoms with Crippen molar-refractivity contribution in [1.82, 2.24) is 10.6 Å². The first kappa shape index (κ1) is 22.3. The quantitative estimate of drug-likeness (QED) is 0.483. The van der Waals surface area contributed by atoms with Crippen molar-refractivity contribution in [3.8, 4) is 0 Å². The fourth-order valence-corrected chi connectivity index (χ4v) is 3.26. The predicted octanol–water partition coefficient (Wildman–Crippen LogP) is 1.75. The molecule has 162 valence electrons. The average molecular weight is 427 g/mol. The van der Waals surface area contributed by atoms with Gasteiger partial charge < -0.3 is 16.4 Å². The van der Waals surface area contributed by atoms with Crippen molar-refractivity contribution in [2.24, 2.45) is 5.73 Å². The Bertz CT molecular complexity index is 1000. The maximum Gasteiger partial charge on any atom is 0.248 e. The van der Waals surface area contributed by atoms with Crippen LogP contribution in [0.1, 0.15) is 24.0 Å². The second-order valence-electron chi connectivity index (χ2n) is 7.68. The molecule has 0 fully saturated rings. The Labute approximate surface area is 178 Å². The minimum Gasteiger partial charge on any atom is -0.353 e. The predicted molar refractivity (Wildman–Crippen MR) is 111 cm³/mol. The van der Waals surface area contributed by atoms with Gasteiger partial charge in [-0.2, -0.15) is 0 Å². The van der Waals surface area contributed by atoms with Crippen molar-refractivity contribution in [2.75, 3.05) is 6.54 Å². The molecule has 1 heterocycles. The summed E-state index contributed by atoms with van der Waals surface area (Å²) in [6.45, 7) is 1.56. The van der Waals surface area contributed by atoms with E-state index in [4.69, 9.17) is 5.73 Å². The standard InChI is InChI=1S/C23H23F2N3O3/c1-23(26,20(29)11-14-9-17(24)12-18(25)10-14)22(31)28-19-8-7-16(13-27-21(19)30)15-5-3-2-4-6-15/h2-10,12,16,19H,11,13,26H2,1H3,(H,27,30)(H,28,31)/t16-,19+,23-/m1/s1. The number of hydrogen-bond donors (Lipinski definition) is 3. The van der Waals surface area contributed by atoms with E-state index in [2.05, 4.69) is 10.6 Å². The van der Waals surface area contributed by atoms with Crippen molar-refractivity contribution in [1.29, 1.82) is 0 Å². The van der Waals surface area contributed by atoms with Crippen molar-refractivity contribution < 1.29 is 23.2 Å². The van der Waals surface area contributed by atoms with Gasteiger partial charge in [-0.15, -0.1) is 0 Å². The Morgan fingerprint density at radius 3 is 2.42 bits per heavy atom. The Hall–Kier alpha value is -3.39. The molecule has 0 bridgehead atoms. The second kappa shape index (κ2) is 9.18. The number of halogens is 2. The van der Waals surface area contributed by atoms with Crippen molar-refractivity contribution in [2.45, 2.75) is 30.8 Å². The third-order valence-electron chi connectivity index (χ3n) is 5.17. The molecule has 4 N–H and O–H groups in total. The maximum atomic E-state index is 13.4. The number of rotatable bonds is 6. The lowest BCUT2D eigenvalue weighted by Gasteiger charge is -2.24. The summed E-state index contributed by atoms with van der Waals surface area (Å²) in [5.74, 6) is -3.77. The molecule has 1 aliphatic heterocycles. The number of nitrogens with two attached hydrogens (primary N) is 1. The number of hydrogen-bond acceptors (Lipinski definition) is 4. The SMILES string of the molecule is C[C@@](N)(C(=O)Cc1cc(F)cc(F)c1)C(=O)N[C@H]1C=C[C@@H](c2ccccc2)CNC1=O. The number of carbonyl (C=O) groups is 3. The van der Waals surface area contributed by atoms with Gasteiger partial charge in [0.25, 0.3) is 0 Å². The molecule has 0 radical (unpaired) electrons. The summed E-state index contributed by atoms with van der Waals surface area (Å²) in [6, 6.07) is 11.2. The highest BCUT2D eigenvalue weighted by atomic mass is 19.1. The smallest absolute Gasteiger partial charge is 0.248 e. The van der Waals surface area contributed by atoms with E-state index >= 15 is 0 Å². The lowest BCUT2D eigenvalue weighted by Crippen LogP contribution is -2.61. The van der Waals surface area contributed by atoms with Gasteiger partial charge >= 0.3 is 0 Å². The first-order chi connectivity index (χ1) is 14.7. The van der Waals surface area contributed by atoms with Crippen LogP contribution in [0.5, 0.6) is 0 Å². The molecule has 3 atom stereocenters. The molecule has 0 aromatic heterocycles. The van der Waals surface area contributed by atoms with Gasteiger partial charge in [-0.05, 0) is 30.2 Å². The summed E-state index contributed by atoms with van der Waals surface area (Å²) in [4.78, 5) is 37.7. The normalized spacial score (nSPS) is 20.3. The van der Waals surface area contributed by atoms with Crippen LogP contribution in [0, 0.1) is 11.6 Å². The minimum atomic E-state index is -2.00. The van der Waals surface area contributed by atoms with Crippen LogP contribution in [0.3, 0.4) is 0 Å². The number of benzene rings is 2. The fourth-order valence-electron chi connectivity index (χ4n) is 3.26. The zero-order valence-electron chi connectivity index (χ0n) is 16.9. The largest absolute Gasteiger partial charge is 0.353 e. The van der Waals surface area contributed by atoms with E-state index in [0.29, 0.717) is 12.6 Å². The lowest BCUT2D eigenvalue weighted by molar-refractivity contribution is -0.137. The topological polar surface area (TPSA) is 101 Å². The second-order valence-corrected chi connectivity index (χ2v) is 7.68. The Morgan fingerprint density at radius 2 is 1.77 bits per heavy atom. The number of nitrogens with one attached hydrogen (secondary N) is 2. The third kappa shape index (κ3) is 5.40. The zero-order valence-corrected chi connectivity index (χ0v) is 16.9. The first-order valence-electron chi connectivity index (χ1n) is 9.76. The molecule has 0 saturated carbocycles. The van der Waals surface area contributed by atoms with Crippen LogP contribution in [-0.4, -0.2) is 35.7 Å². The molecule has 31 heavy (non-hydrogen) atoms. The fraction of sp³-hybridized carbons (Fsp3) is 0.261. The Morgan fingerprint density at radius 1 is 1.13 bits per heavy atom. The monoisotopic (exact) mass is 427 g/mol. The number of Topliss-reactive ketones (excluding diaryl/α,β-unsaturated/α-hetero) is 1. The van der Waals surface area contributed by atoms with Gasteiger partial charge in [-0.25, -0.2) is 8.78 Å². The van der Waals surface area contributed by atoms with Crippen LogP contribution in [0.2, 0.25) is 0 Å². The van der Waals surface area contributed by atoms with E-state index in [0.717, 1.165) is 17.7 Å². The number of amides is 2. The molecule has 0 aliphatic carbocycles. The summed E-state index contributed by atoms with van der Waals surface area (Å²) < 4.78 is 26.7. The van der Waals surface area contributed by atoms with E-state index in [1.807, 2.05) is 36.4 Å². The van der Waals surface area contributed by atoms with Crippen LogP contribution in [0.25, 0.3) is 0 Å². The lowest BCUT2D eigenvalue weighted by atomic mass is 9.91. The van der Waals surface area contributed by atoms with E-state index in [9.17, 15) is 23.2 Å². The van der Waals surface area contributed by atoms with Crippen molar-refractivity contribution in [3.05, 3.63) is 83.4 Å². The minimum absolute atomic E-state index is 0.0600. The van der Waals surface area contributed by atoms with Crippen molar-refractivity contribution in [3.63, 3.8) is 0 Å². The van der Waals surface area contributed by atoms with Gasteiger partial charge in [-0.3, -0.25) is 14.4 Å². The van der Waals surface area contributed by atoms with Gasteiger partial charge in [0.15, 0.2) is 11.3 Å². The van der Waals surface area contributed by atoms with Gasteiger partial charge in [0.1, 0.15) is 17.7 Å². The van der Waals surface area contributed by atoms with E-state index < -0.39 is 47.2 Å². The van der Waals surface area contributed by atoms with Gasteiger partial charge in [0.2, 0.25) is 11.8 Å². The van der Waals surface area contributed by atoms with Gasteiger partial charge in [-0.1, -0.05) is 42.5 Å². The molecule has 2 amide bonds. The Balaban J connectivity index is 1.69. The molecule has 0 unspecified atom stereocenters. The highest BCUT2D eigenvalue weighted by Crippen LogP contribution is 2.19. The van der Waals surface area contributed by atoms with Gasteiger partial charge in [0, 0.05) is 24.9 Å². The third-order valence-corrected chi connectivity index (χ3v) is 5.17.